The average molecular weight is 507 g/mol. The number of aromatic hydroxyl groups is 1. The lowest BCUT2D eigenvalue weighted by Crippen LogP contribution is -2.32. The summed E-state index contributed by atoms with van der Waals surface area (Å²) in [6.07, 6.45) is 2.12. The summed E-state index contributed by atoms with van der Waals surface area (Å²) in [7, 11) is 0.243. The molecule has 10 heteroatoms. The second-order valence-electron chi connectivity index (χ2n) is 8.78. The first-order valence-electron chi connectivity index (χ1n) is 11.3. The molecule has 1 atom stereocenters. The molecule has 2 N–H and O–H groups in total. The molecule has 0 fully saturated rings. The van der Waals surface area contributed by atoms with E-state index < -0.39 is 15.8 Å². The van der Waals surface area contributed by atoms with Crippen molar-refractivity contribution in [1.82, 2.24) is 4.90 Å². The van der Waals surface area contributed by atoms with Crippen LogP contribution in [0, 0.1) is 17.2 Å². The van der Waals surface area contributed by atoms with Gasteiger partial charge in [-0.15, -0.1) is 0 Å². The number of nitrogens with zero attached hydrogens (tertiary/aromatic N) is 2. The van der Waals surface area contributed by atoms with Crippen LogP contribution in [-0.4, -0.2) is 57.3 Å². The van der Waals surface area contributed by atoms with E-state index in [0.29, 0.717) is 18.6 Å². The molecule has 0 radical (unpaired) electrons. The minimum absolute atomic E-state index is 0.0424. The quantitative estimate of drug-likeness (QED) is 0.388. The summed E-state index contributed by atoms with van der Waals surface area (Å²) >= 11 is 0. The molecule has 0 spiro atoms. The van der Waals surface area contributed by atoms with E-state index in [4.69, 9.17) is 14.0 Å². The van der Waals surface area contributed by atoms with Crippen molar-refractivity contribution in [3.8, 4) is 29.1 Å². The van der Waals surface area contributed by atoms with Gasteiger partial charge in [-0.3, -0.25) is 4.55 Å². The van der Waals surface area contributed by atoms with Crippen LogP contribution in [0.4, 0.5) is 0 Å². The molecule has 0 aromatic heterocycles. The number of ether oxygens (including phenoxy) is 2. The highest BCUT2D eigenvalue weighted by molar-refractivity contribution is 7.81. The zero-order valence-electron chi connectivity index (χ0n) is 20.8. The van der Waals surface area contributed by atoms with Crippen molar-refractivity contribution in [1.29, 1.82) is 5.26 Å². The first-order chi connectivity index (χ1) is 16.5. The molecule has 2 aromatic rings. The molecule has 0 saturated carbocycles. The van der Waals surface area contributed by atoms with E-state index in [9.17, 15) is 18.8 Å². The Labute approximate surface area is 207 Å². The van der Waals surface area contributed by atoms with Crippen molar-refractivity contribution >= 4 is 10.4 Å². The van der Waals surface area contributed by atoms with Crippen molar-refractivity contribution < 1.29 is 31.7 Å². The second-order valence-corrected chi connectivity index (χ2v) is 9.80. The highest BCUT2D eigenvalue weighted by Crippen LogP contribution is 2.40. The van der Waals surface area contributed by atoms with E-state index in [2.05, 4.69) is 15.2 Å². The molecule has 2 aromatic carbocycles. The summed E-state index contributed by atoms with van der Waals surface area (Å²) < 4.78 is 45.8. The van der Waals surface area contributed by atoms with Crippen LogP contribution in [0.25, 0.3) is 0 Å². The molecule has 0 bridgehead atoms. The Hall–Kier alpha value is -3.00. The third-order valence-corrected chi connectivity index (χ3v) is 6.59. The Morgan fingerprint density at radius 2 is 1.74 bits per heavy atom. The standard InChI is InChI=1S/C25H34N2O7S/c1-18(2)25(17-26,20-8-9-21(28)23(16-20)32-4)12-6-13-27(3)14-11-19-7-10-22(24(15-19)33-5)34-35(29,30)31/h7-10,15-16,18,28H,6,11-14H2,1-5H3,(H,29,30,31). The predicted molar refractivity (Wildman–Crippen MR) is 132 cm³/mol. The van der Waals surface area contributed by atoms with Crippen LogP contribution in [0.2, 0.25) is 0 Å². The molecule has 2 rings (SSSR count). The monoisotopic (exact) mass is 506 g/mol. The van der Waals surface area contributed by atoms with Crippen LogP contribution in [0.15, 0.2) is 36.4 Å². The molecule has 0 heterocycles. The summed E-state index contributed by atoms with van der Waals surface area (Å²) in [5, 5.41) is 20.1. The Bertz CT molecular complexity index is 1140. The number of nitriles is 1. The first-order valence-corrected chi connectivity index (χ1v) is 12.6. The van der Waals surface area contributed by atoms with Crippen LogP contribution in [0.1, 0.15) is 37.8 Å². The van der Waals surface area contributed by atoms with Gasteiger partial charge < -0.3 is 23.7 Å². The third kappa shape index (κ3) is 7.49. The number of phenols is 1. The molecular weight excluding hydrogens is 472 g/mol. The van der Waals surface area contributed by atoms with Gasteiger partial charge in [0.2, 0.25) is 0 Å². The summed E-state index contributed by atoms with van der Waals surface area (Å²) in [5.41, 5.74) is 1.03. The Morgan fingerprint density at radius 3 is 2.31 bits per heavy atom. The van der Waals surface area contributed by atoms with E-state index in [-0.39, 0.29) is 23.2 Å². The van der Waals surface area contributed by atoms with Crippen molar-refractivity contribution in [3.05, 3.63) is 47.5 Å². The van der Waals surface area contributed by atoms with Crippen molar-refractivity contribution in [2.75, 3.05) is 34.4 Å². The van der Waals surface area contributed by atoms with Crippen LogP contribution < -0.4 is 13.7 Å². The SMILES string of the molecule is COc1cc(C(C#N)(CCCN(C)CCc2ccc(OS(=O)(=O)O)c(OC)c2)C(C)C)ccc1O. The maximum Gasteiger partial charge on any atom is 0.446 e. The average Bonchev–Trinajstić information content (AvgIpc) is 2.80. The Kier molecular flexibility index (Phi) is 9.77. The molecule has 0 saturated heterocycles. The number of benzene rings is 2. The minimum atomic E-state index is -4.64. The number of methoxy groups -OCH3 is 2. The number of rotatable bonds is 13. The highest BCUT2D eigenvalue weighted by atomic mass is 32.3. The van der Waals surface area contributed by atoms with Gasteiger partial charge in [0.15, 0.2) is 23.0 Å². The molecule has 1 unspecified atom stereocenters. The third-order valence-electron chi connectivity index (χ3n) is 6.20. The van der Waals surface area contributed by atoms with Crippen molar-refractivity contribution in [2.45, 2.75) is 38.5 Å². The molecule has 0 aliphatic carbocycles. The van der Waals surface area contributed by atoms with E-state index in [1.807, 2.05) is 20.9 Å². The molecule has 0 aliphatic rings. The zero-order valence-corrected chi connectivity index (χ0v) is 21.6. The van der Waals surface area contributed by atoms with Gasteiger partial charge in [-0.1, -0.05) is 26.0 Å². The largest absolute Gasteiger partial charge is 0.504 e. The van der Waals surface area contributed by atoms with Crippen LogP contribution in [-0.2, 0) is 22.2 Å². The van der Waals surface area contributed by atoms with Gasteiger partial charge in [0, 0.05) is 6.54 Å². The number of likely N-dealkylation sites (N-methyl/N-ethyl adjacent to an activating group) is 1. The first kappa shape index (κ1) is 28.2. The van der Waals surface area contributed by atoms with Gasteiger partial charge in [0.25, 0.3) is 0 Å². The van der Waals surface area contributed by atoms with E-state index >= 15 is 0 Å². The van der Waals surface area contributed by atoms with Crippen molar-refractivity contribution in [2.24, 2.45) is 5.92 Å². The van der Waals surface area contributed by atoms with E-state index in [1.165, 1.54) is 20.3 Å². The molecule has 35 heavy (non-hydrogen) atoms. The van der Waals surface area contributed by atoms with Crippen LogP contribution >= 0.6 is 0 Å². The van der Waals surface area contributed by atoms with Crippen molar-refractivity contribution in [3.63, 3.8) is 0 Å². The lowest BCUT2D eigenvalue weighted by molar-refractivity contribution is 0.293. The normalized spacial score (nSPS) is 13.3. The van der Waals surface area contributed by atoms with Gasteiger partial charge in [-0.2, -0.15) is 13.7 Å². The summed E-state index contributed by atoms with van der Waals surface area (Å²) in [5.74, 6) is 0.578. The number of hydrogen-bond donors (Lipinski definition) is 2. The maximum absolute atomic E-state index is 11.0. The lowest BCUT2D eigenvalue weighted by Gasteiger charge is -2.32. The molecular formula is C25H34N2O7S. The zero-order chi connectivity index (χ0) is 26.2. The Morgan fingerprint density at radius 1 is 1.06 bits per heavy atom. The Balaban J connectivity index is 2.01. The fourth-order valence-corrected chi connectivity index (χ4v) is 4.44. The summed E-state index contributed by atoms with van der Waals surface area (Å²) in [6, 6.07) is 12.4. The van der Waals surface area contributed by atoms with E-state index in [1.54, 1.807) is 30.3 Å². The van der Waals surface area contributed by atoms with Gasteiger partial charge in [-0.05, 0) is 74.2 Å². The molecule has 0 aliphatic heterocycles. The molecule has 192 valence electrons. The fourth-order valence-electron chi connectivity index (χ4n) is 4.08. The number of hydrogen-bond acceptors (Lipinski definition) is 8. The predicted octanol–water partition coefficient (Wildman–Crippen LogP) is 3.96. The van der Waals surface area contributed by atoms with Gasteiger partial charge >= 0.3 is 10.4 Å². The second kappa shape index (κ2) is 12.1. The van der Waals surface area contributed by atoms with Gasteiger partial charge in [0.1, 0.15) is 0 Å². The van der Waals surface area contributed by atoms with Crippen LogP contribution in [0.5, 0.6) is 23.0 Å². The summed E-state index contributed by atoms with van der Waals surface area (Å²) in [4.78, 5) is 2.16. The smallest absolute Gasteiger partial charge is 0.446 e. The van der Waals surface area contributed by atoms with Crippen LogP contribution in [0.3, 0.4) is 0 Å². The fraction of sp³-hybridized carbons (Fsp3) is 0.480. The topological polar surface area (TPSA) is 129 Å². The number of phenolic OH excluding ortho intramolecular Hbond substituents is 1. The maximum atomic E-state index is 11.0. The molecule has 0 amide bonds. The minimum Gasteiger partial charge on any atom is -0.504 e. The van der Waals surface area contributed by atoms with E-state index in [0.717, 1.165) is 30.6 Å². The summed E-state index contributed by atoms with van der Waals surface area (Å²) in [6.45, 7) is 5.55. The highest BCUT2D eigenvalue weighted by Gasteiger charge is 2.36. The van der Waals surface area contributed by atoms with Gasteiger partial charge in [-0.25, -0.2) is 0 Å². The van der Waals surface area contributed by atoms with Gasteiger partial charge in [0.05, 0.1) is 25.7 Å². The molecule has 9 nitrogen and oxygen atoms in total. The lowest BCUT2D eigenvalue weighted by atomic mass is 9.69.